The highest BCUT2D eigenvalue weighted by Gasteiger charge is 2.32. The lowest BCUT2D eigenvalue weighted by Gasteiger charge is -2.35. The van der Waals surface area contributed by atoms with Gasteiger partial charge in [-0.2, -0.15) is 4.31 Å². The Labute approximate surface area is 194 Å². The molecule has 0 N–H and O–H groups in total. The van der Waals surface area contributed by atoms with Crippen LogP contribution in [0.5, 0.6) is 5.75 Å². The smallest absolute Gasteiger partial charge is 0.270 e. The van der Waals surface area contributed by atoms with E-state index >= 15 is 0 Å². The third-order valence-electron chi connectivity index (χ3n) is 5.74. The molecular weight excluding hydrogens is 446 g/mol. The normalized spacial score (nSPS) is 16.0. The van der Waals surface area contributed by atoms with Crippen molar-refractivity contribution in [3.63, 3.8) is 0 Å². The van der Waals surface area contributed by atoms with Gasteiger partial charge < -0.3 is 9.64 Å². The Balaban J connectivity index is 1.62. The highest BCUT2D eigenvalue weighted by atomic mass is 32.2. The van der Waals surface area contributed by atoms with Crippen LogP contribution in [0.25, 0.3) is 0 Å². The summed E-state index contributed by atoms with van der Waals surface area (Å²) in [7, 11) is -3.89. The highest BCUT2D eigenvalue weighted by Crippen LogP contribution is 2.25. The van der Waals surface area contributed by atoms with E-state index in [1.165, 1.54) is 28.1 Å². The molecule has 1 heterocycles. The third kappa shape index (κ3) is 5.51. The quantitative estimate of drug-likeness (QED) is 0.449. The van der Waals surface area contributed by atoms with Crippen LogP contribution in [0.3, 0.4) is 0 Å². The van der Waals surface area contributed by atoms with Crippen LogP contribution >= 0.6 is 0 Å². The van der Waals surface area contributed by atoms with Gasteiger partial charge in [0.1, 0.15) is 5.75 Å². The zero-order valence-corrected chi connectivity index (χ0v) is 20.0. The summed E-state index contributed by atoms with van der Waals surface area (Å²) < 4.78 is 32.9. The molecule has 0 aromatic heterocycles. The highest BCUT2D eigenvalue weighted by molar-refractivity contribution is 7.89. The van der Waals surface area contributed by atoms with Crippen LogP contribution in [0.15, 0.2) is 47.4 Å². The number of carbonyl (C=O) groups excluding carboxylic acids is 1. The largest absolute Gasteiger partial charge is 0.481 e. The molecule has 0 bridgehead atoms. The van der Waals surface area contributed by atoms with Crippen LogP contribution < -0.4 is 4.74 Å². The molecule has 1 saturated heterocycles. The SMILES string of the molecule is Cc1cc(OC(C)C(=O)N2CCN(S(=O)(=O)c3cccc([N+](=O)[O-])c3)CC2)ccc1C(C)C. The predicted octanol–water partition coefficient (Wildman–Crippen LogP) is 3.33. The van der Waals surface area contributed by atoms with Crippen LogP contribution in [0.1, 0.15) is 37.8 Å². The van der Waals surface area contributed by atoms with Crippen molar-refractivity contribution in [1.29, 1.82) is 0 Å². The number of piperazine rings is 1. The molecule has 1 aliphatic heterocycles. The first-order valence-electron chi connectivity index (χ1n) is 10.8. The second-order valence-electron chi connectivity index (χ2n) is 8.42. The minimum Gasteiger partial charge on any atom is -0.481 e. The minimum absolute atomic E-state index is 0.103. The van der Waals surface area contributed by atoms with Gasteiger partial charge in [0.25, 0.3) is 11.6 Å². The molecule has 3 rings (SSSR count). The van der Waals surface area contributed by atoms with Gasteiger partial charge >= 0.3 is 0 Å². The van der Waals surface area contributed by atoms with Gasteiger partial charge in [-0.3, -0.25) is 14.9 Å². The van der Waals surface area contributed by atoms with Gasteiger partial charge in [-0.1, -0.05) is 26.0 Å². The summed E-state index contributed by atoms with van der Waals surface area (Å²) in [5.74, 6) is 0.797. The number of benzene rings is 2. The summed E-state index contributed by atoms with van der Waals surface area (Å²) in [6.07, 6.45) is -0.714. The Hall–Kier alpha value is -2.98. The number of ether oxygens (including phenoxy) is 1. The van der Waals surface area contributed by atoms with Gasteiger partial charge in [-0.25, -0.2) is 8.42 Å². The van der Waals surface area contributed by atoms with Crippen molar-refractivity contribution >= 4 is 21.6 Å². The molecule has 9 nitrogen and oxygen atoms in total. The average molecular weight is 476 g/mol. The number of nitro benzene ring substituents is 1. The number of sulfonamides is 1. The molecule has 178 valence electrons. The first-order chi connectivity index (χ1) is 15.5. The molecule has 2 aromatic carbocycles. The van der Waals surface area contributed by atoms with Crippen molar-refractivity contribution in [3.8, 4) is 5.75 Å². The minimum atomic E-state index is -3.89. The monoisotopic (exact) mass is 475 g/mol. The second kappa shape index (κ2) is 9.88. The molecular formula is C23H29N3O6S. The fourth-order valence-corrected chi connectivity index (χ4v) is 5.40. The topological polar surface area (TPSA) is 110 Å². The number of carbonyl (C=O) groups is 1. The summed E-state index contributed by atoms with van der Waals surface area (Å²) in [6.45, 7) is 8.56. The number of rotatable bonds is 7. The number of amides is 1. The number of non-ortho nitro benzene ring substituents is 1. The molecule has 1 aliphatic rings. The van der Waals surface area contributed by atoms with E-state index in [2.05, 4.69) is 13.8 Å². The number of hydrogen-bond donors (Lipinski definition) is 0. The average Bonchev–Trinajstić information content (AvgIpc) is 2.78. The summed E-state index contributed by atoms with van der Waals surface area (Å²) in [6, 6.07) is 10.8. The number of nitrogens with zero attached hydrogens (tertiary/aromatic N) is 3. The molecule has 0 spiro atoms. The van der Waals surface area contributed by atoms with E-state index in [1.807, 2.05) is 25.1 Å². The molecule has 1 amide bonds. The maximum Gasteiger partial charge on any atom is 0.270 e. The molecule has 1 atom stereocenters. The Morgan fingerprint density at radius 3 is 2.30 bits per heavy atom. The first kappa shape index (κ1) is 24.7. The van der Waals surface area contributed by atoms with Crippen LogP contribution in [0.2, 0.25) is 0 Å². The van der Waals surface area contributed by atoms with Gasteiger partial charge in [0.15, 0.2) is 6.10 Å². The van der Waals surface area contributed by atoms with Crippen molar-refractivity contribution in [2.45, 2.75) is 44.6 Å². The standard InChI is InChI=1S/C23H29N3O6S/c1-16(2)22-9-8-20(14-17(22)3)32-18(4)23(27)24-10-12-25(13-11-24)33(30,31)21-7-5-6-19(15-21)26(28)29/h5-9,14-16,18H,10-13H2,1-4H3. The molecule has 1 fully saturated rings. The summed E-state index contributed by atoms with van der Waals surface area (Å²) >= 11 is 0. The predicted molar refractivity (Wildman–Crippen MR) is 124 cm³/mol. The van der Waals surface area contributed by atoms with E-state index in [-0.39, 0.29) is 42.7 Å². The van der Waals surface area contributed by atoms with Gasteiger partial charge in [-0.15, -0.1) is 0 Å². The lowest BCUT2D eigenvalue weighted by Crippen LogP contribution is -2.53. The van der Waals surface area contributed by atoms with Crippen LogP contribution in [-0.4, -0.2) is 60.7 Å². The summed E-state index contributed by atoms with van der Waals surface area (Å²) in [5.41, 5.74) is 2.04. The first-order valence-corrected chi connectivity index (χ1v) is 12.3. The van der Waals surface area contributed by atoms with Crippen LogP contribution in [0.4, 0.5) is 5.69 Å². The number of aryl methyl sites for hydroxylation is 1. The van der Waals surface area contributed by atoms with Gasteiger partial charge in [0, 0.05) is 38.3 Å². The van der Waals surface area contributed by atoms with Crippen molar-refractivity contribution in [2.24, 2.45) is 0 Å². The van der Waals surface area contributed by atoms with Crippen LogP contribution in [0, 0.1) is 17.0 Å². The van der Waals surface area contributed by atoms with Crippen LogP contribution in [-0.2, 0) is 14.8 Å². The maximum absolute atomic E-state index is 12.9. The fraction of sp³-hybridized carbons (Fsp3) is 0.435. The molecule has 0 aliphatic carbocycles. The Morgan fingerprint density at radius 1 is 1.06 bits per heavy atom. The fourth-order valence-electron chi connectivity index (χ4n) is 3.94. The van der Waals surface area contributed by atoms with E-state index in [9.17, 15) is 23.3 Å². The molecule has 0 radical (unpaired) electrons. The van der Waals surface area contributed by atoms with Crippen molar-refractivity contribution in [3.05, 3.63) is 63.7 Å². The second-order valence-corrected chi connectivity index (χ2v) is 10.4. The van der Waals surface area contributed by atoms with Crippen molar-refractivity contribution in [1.82, 2.24) is 9.21 Å². The molecule has 10 heteroatoms. The zero-order valence-electron chi connectivity index (χ0n) is 19.2. The van der Waals surface area contributed by atoms with E-state index in [1.54, 1.807) is 11.8 Å². The molecule has 2 aromatic rings. The number of hydrogen-bond acceptors (Lipinski definition) is 6. The van der Waals surface area contributed by atoms with E-state index in [0.717, 1.165) is 11.6 Å². The Kier molecular flexibility index (Phi) is 7.38. The number of nitro groups is 1. The Bertz CT molecular complexity index is 1140. The summed E-state index contributed by atoms with van der Waals surface area (Å²) in [5, 5.41) is 11.0. The van der Waals surface area contributed by atoms with Crippen molar-refractivity contribution in [2.75, 3.05) is 26.2 Å². The van der Waals surface area contributed by atoms with Crippen molar-refractivity contribution < 1.29 is 22.9 Å². The molecule has 33 heavy (non-hydrogen) atoms. The van der Waals surface area contributed by atoms with E-state index < -0.39 is 21.1 Å². The third-order valence-corrected chi connectivity index (χ3v) is 7.64. The molecule has 1 unspecified atom stereocenters. The Morgan fingerprint density at radius 2 is 1.73 bits per heavy atom. The lowest BCUT2D eigenvalue weighted by atomic mass is 9.98. The van der Waals surface area contributed by atoms with E-state index in [4.69, 9.17) is 4.74 Å². The summed E-state index contributed by atoms with van der Waals surface area (Å²) in [4.78, 5) is 24.7. The van der Waals surface area contributed by atoms with Gasteiger partial charge in [0.2, 0.25) is 10.0 Å². The van der Waals surface area contributed by atoms with E-state index in [0.29, 0.717) is 11.7 Å². The van der Waals surface area contributed by atoms with Gasteiger partial charge in [-0.05, 0) is 49.1 Å². The maximum atomic E-state index is 12.9. The van der Waals surface area contributed by atoms with Gasteiger partial charge in [0.05, 0.1) is 9.82 Å². The zero-order chi connectivity index (χ0) is 24.3. The molecule has 0 saturated carbocycles. The lowest BCUT2D eigenvalue weighted by molar-refractivity contribution is -0.385.